The third-order valence-electron chi connectivity index (χ3n) is 6.88. The molecule has 2 atom stereocenters. The average molecular weight is 428 g/mol. The van der Waals surface area contributed by atoms with Crippen molar-refractivity contribution in [2.75, 3.05) is 13.1 Å². The fraction of sp³-hybridized carbons (Fsp3) is 0.652. The van der Waals surface area contributed by atoms with Gasteiger partial charge in [0.25, 0.3) is 5.56 Å². The van der Waals surface area contributed by atoms with Crippen molar-refractivity contribution in [3.8, 4) is 0 Å². The summed E-state index contributed by atoms with van der Waals surface area (Å²) in [4.78, 5) is 46.7. The van der Waals surface area contributed by atoms with Gasteiger partial charge in [-0.15, -0.1) is 0 Å². The molecular weight excluding hydrogens is 394 g/mol. The van der Waals surface area contributed by atoms with Gasteiger partial charge in [0.2, 0.25) is 11.8 Å². The van der Waals surface area contributed by atoms with Crippen molar-refractivity contribution in [2.24, 2.45) is 0 Å². The summed E-state index contributed by atoms with van der Waals surface area (Å²) in [5.74, 6) is 0.242. The Labute approximate surface area is 182 Å². The number of hydrogen-bond acceptors (Lipinski definition) is 4. The molecule has 0 unspecified atom stereocenters. The van der Waals surface area contributed by atoms with Crippen molar-refractivity contribution in [1.29, 1.82) is 0 Å². The monoisotopic (exact) mass is 427 g/mol. The van der Waals surface area contributed by atoms with Gasteiger partial charge in [-0.05, 0) is 52.4 Å². The lowest BCUT2D eigenvalue weighted by Crippen LogP contribution is -2.42. The summed E-state index contributed by atoms with van der Waals surface area (Å²) in [6.45, 7) is 7.36. The number of aryl methyl sites for hydroxylation is 1. The number of carbonyl (C=O) groups is 2. The number of aromatic nitrogens is 3. The normalized spacial score (nSPS) is 21.8. The number of fused-ring (bicyclic) bond motifs is 1. The number of hydrogen-bond donors (Lipinski definition) is 1. The lowest BCUT2D eigenvalue weighted by molar-refractivity contribution is -0.134. The van der Waals surface area contributed by atoms with Crippen LogP contribution in [0.1, 0.15) is 81.8 Å². The van der Waals surface area contributed by atoms with Crippen molar-refractivity contribution < 1.29 is 9.59 Å². The standard InChI is InChI=1S/C23H33N5O3/c1-4-21(29)27-13-7-9-19(27)18-14-20-24-16(3)17(23(31)28(20)25-18)10-11-22(30)26-12-6-5-8-15(26)2/h14-15,19,25H,4-13H2,1-3H3/t15-,19+/m1/s1. The predicted octanol–water partition coefficient (Wildman–Crippen LogP) is 2.74. The van der Waals surface area contributed by atoms with Crippen molar-refractivity contribution in [2.45, 2.75) is 84.2 Å². The zero-order chi connectivity index (χ0) is 22.1. The van der Waals surface area contributed by atoms with E-state index in [1.54, 1.807) is 0 Å². The minimum absolute atomic E-state index is 0.0422. The van der Waals surface area contributed by atoms with Crippen LogP contribution in [0.25, 0.3) is 5.65 Å². The first-order valence-corrected chi connectivity index (χ1v) is 11.6. The fourth-order valence-electron chi connectivity index (χ4n) is 5.08. The van der Waals surface area contributed by atoms with Gasteiger partial charge in [-0.1, -0.05) is 6.92 Å². The van der Waals surface area contributed by atoms with Crippen LogP contribution < -0.4 is 5.56 Å². The maximum absolute atomic E-state index is 13.2. The van der Waals surface area contributed by atoms with Crippen LogP contribution in [0.2, 0.25) is 0 Å². The summed E-state index contributed by atoms with van der Waals surface area (Å²) in [7, 11) is 0. The molecule has 0 bridgehead atoms. The van der Waals surface area contributed by atoms with E-state index in [9.17, 15) is 14.4 Å². The number of amides is 2. The number of nitrogens with zero attached hydrogens (tertiary/aromatic N) is 4. The van der Waals surface area contributed by atoms with Gasteiger partial charge in [-0.25, -0.2) is 9.50 Å². The van der Waals surface area contributed by atoms with Gasteiger partial charge in [-0.3, -0.25) is 19.5 Å². The molecule has 2 amide bonds. The SMILES string of the molecule is CCC(=O)N1CCC[C@H]1c1cc2nc(C)c(CCC(=O)N3CCCC[C@H]3C)c(=O)n2[nH]1. The largest absolute Gasteiger partial charge is 0.340 e. The molecule has 0 spiro atoms. The van der Waals surface area contributed by atoms with Crippen LogP contribution in [0.5, 0.6) is 0 Å². The van der Waals surface area contributed by atoms with E-state index in [2.05, 4.69) is 17.0 Å². The van der Waals surface area contributed by atoms with Crippen molar-refractivity contribution in [3.63, 3.8) is 0 Å². The molecule has 4 heterocycles. The average Bonchev–Trinajstić information content (AvgIpc) is 3.40. The van der Waals surface area contributed by atoms with Crippen LogP contribution in [0, 0.1) is 6.92 Å². The minimum Gasteiger partial charge on any atom is -0.340 e. The second kappa shape index (κ2) is 8.85. The topological polar surface area (TPSA) is 90.8 Å². The van der Waals surface area contributed by atoms with Crippen LogP contribution >= 0.6 is 0 Å². The summed E-state index contributed by atoms with van der Waals surface area (Å²) in [6, 6.07) is 2.11. The summed E-state index contributed by atoms with van der Waals surface area (Å²) < 4.78 is 1.47. The van der Waals surface area contributed by atoms with Crippen molar-refractivity contribution in [1.82, 2.24) is 24.4 Å². The molecule has 1 N–H and O–H groups in total. The number of piperidine rings is 1. The molecule has 31 heavy (non-hydrogen) atoms. The molecule has 0 aliphatic carbocycles. The molecular formula is C23H33N5O3. The fourth-order valence-corrected chi connectivity index (χ4v) is 5.08. The molecule has 0 aromatic carbocycles. The van der Waals surface area contributed by atoms with Gasteiger partial charge in [-0.2, -0.15) is 0 Å². The number of aromatic amines is 1. The van der Waals surface area contributed by atoms with Crippen LogP contribution in [-0.2, 0) is 16.0 Å². The van der Waals surface area contributed by atoms with Gasteiger partial charge >= 0.3 is 0 Å². The summed E-state index contributed by atoms with van der Waals surface area (Å²) >= 11 is 0. The Bertz CT molecular complexity index is 1040. The van der Waals surface area contributed by atoms with Gasteiger partial charge in [0.1, 0.15) is 0 Å². The third-order valence-corrected chi connectivity index (χ3v) is 6.88. The lowest BCUT2D eigenvalue weighted by Gasteiger charge is -2.33. The van der Waals surface area contributed by atoms with Crippen LogP contribution in [0.15, 0.2) is 10.9 Å². The first-order valence-electron chi connectivity index (χ1n) is 11.6. The predicted molar refractivity (Wildman–Crippen MR) is 118 cm³/mol. The molecule has 0 radical (unpaired) electrons. The van der Waals surface area contributed by atoms with Gasteiger partial charge in [0.15, 0.2) is 5.65 Å². The summed E-state index contributed by atoms with van der Waals surface area (Å²) in [6.07, 6.45) is 6.28. The first kappa shape index (κ1) is 21.6. The van der Waals surface area contributed by atoms with Gasteiger partial charge in [0.05, 0.1) is 11.7 Å². The van der Waals surface area contributed by atoms with E-state index < -0.39 is 0 Å². The highest BCUT2D eigenvalue weighted by molar-refractivity contribution is 5.77. The Balaban J connectivity index is 1.56. The molecule has 4 rings (SSSR count). The minimum atomic E-state index is -0.153. The Morgan fingerprint density at radius 1 is 1.13 bits per heavy atom. The number of likely N-dealkylation sites (tertiary alicyclic amines) is 2. The second-order valence-corrected chi connectivity index (χ2v) is 8.92. The van der Waals surface area contributed by atoms with Crippen LogP contribution in [0.4, 0.5) is 0 Å². The highest BCUT2D eigenvalue weighted by Crippen LogP contribution is 2.31. The van der Waals surface area contributed by atoms with Crippen LogP contribution in [0.3, 0.4) is 0 Å². The molecule has 2 aliphatic heterocycles. The van der Waals surface area contributed by atoms with Crippen molar-refractivity contribution in [3.05, 3.63) is 33.4 Å². The lowest BCUT2D eigenvalue weighted by atomic mass is 10.0. The molecule has 2 aliphatic rings. The van der Waals surface area contributed by atoms with Gasteiger partial charge < -0.3 is 9.80 Å². The highest BCUT2D eigenvalue weighted by atomic mass is 16.2. The Morgan fingerprint density at radius 3 is 2.65 bits per heavy atom. The van der Waals surface area contributed by atoms with E-state index in [-0.39, 0.29) is 29.5 Å². The maximum atomic E-state index is 13.2. The summed E-state index contributed by atoms with van der Waals surface area (Å²) in [5.41, 5.74) is 2.51. The first-order chi connectivity index (χ1) is 14.9. The van der Waals surface area contributed by atoms with E-state index in [0.29, 0.717) is 36.2 Å². The molecule has 0 saturated carbocycles. The zero-order valence-corrected chi connectivity index (χ0v) is 18.8. The quantitative estimate of drug-likeness (QED) is 0.794. The second-order valence-electron chi connectivity index (χ2n) is 8.92. The van der Waals surface area contributed by atoms with E-state index >= 15 is 0 Å². The molecule has 168 valence electrons. The smallest absolute Gasteiger partial charge is 0.276 e. The molecule has 2 aromatic rings. The number of H-pyrrole nitrogens is 1. The Morgan fingerprint density at radius 2 is 1.90 bits per heavy atom. The van der Waals surface area contributed by atoms with E-state index in [1.165, 1.54) is 10.9 Å². The van der Waals surface area contributed by atoms with E-state index in [0.717, 1.165) is 44.5 Å². The molecule has 2 aromatic heterocycles. The molecule has 2 saturated heterocycles. The number of nitrogens with one attached hydrogen (secondary N) is 1. The Hall–Kier alpha value is -2.64. The van der Waals surface area contributed by atoms with Crippen LogP contribution in [-0.4, -0.2) is 55.3 Å². The van der Waals surface area contributed by atoms with Crippen molar-refractivity contribution >= 4 is 17.5 Å². The molecule has 8 heteroatoms. The van der Waals surface area contributed by atoms with E-state index in [1.807, 2.05) is 29.7 Å². The van der Waals surface area contributed by atoms with E-state index in [4.69, 9.17) is 0 Å². The maximum Gasteiger partial charge on any atom is 0.276 e. The molecule has 2 fully saturated rings. The highest BCUT2D eigenvalue weighted by Gasteiger charge is 2.31. The summed E-state index contributed by atoms with van der Waals surface area (Å²) in [5, 5.41) is 3.19. The molecule has 8 nitrogen and oxygen atoms in total. The Kier molecular flexibility index (Phi) is 6.16. The number of carbonyl (C=O) groups excluding carboxylic acids is 2. The number of rotatable bonds is 5. The third kappa shape index (κ3) is 4.12. The zero-order valence-electron chi connectivity index (χ0n) is 18.8. The van der Waals surface area contributed by atoms with Gasteiger partial charge in [0, 0.05) is 49.3 Å².